The molecule has 3 heteroatoms. The first kappa shape index (κ1) is 11.9. The van der Waals surface area contributed by atoms with Crippen molar-refractivity contribution in [3.8, 4) is 5.75 Å². The molecule has 0 saturated carbocycles. The first-order valence-electron chi connectivity index (χ1n) is 6.67. The van der Waals surface area contributed by atoms with Crippen molar-refractivity contribution in [3.63, 3.8) is 0 Å². The fourth-order valence-corrected chi connectivity index (χ4v) is 2.31. The second-order valence-corrected chi connectivity index (χ2v) is 4.76. The molecule has 1 aromatic heterocycles. The van der Waals surface area contributed by atoms with Gasteiger partial charge in [-0.1, -0.05) is 31.5 Å². The lowest BCUT2D eigenvalue weighted by molar-refractivity contribution is 0.480. The van der Waals surface area contributed by atoms with Crippen molar-refractivity contribution in [1.29, 1.82) is 0 Å². The first-order valence-corrected chi connectivity index (χ1v) is 6.67. The zero-order chi connectivity index (χ0) is 13.2. The molecule has 1 heterocycles. The van der Waals surface area contributed by atoms with E-state index in [0.29, 0.717) is 5.52 Å². The molecule has 19 heavy (non-hydrogen) atoms. The molecule has 0 bridgehead atoms. The Labute approximate surface area is 111 Å². The van der Waals surface area contributed by atoms with E-state index in [0.717, 1.165) is 41.4 Å². The van der Waals surface area contributed by atoms with Crippen molar-refractivity contribution in [3.05, 3.63) is 42.0 Å². The minimum atomic E-state index is 0.202. The third-order valence-corrected chi connectivity index (χ3v) is 3.36. The van der Waals surface area contributed by atoms with Crippen LogP contribution in [0, 0.1) is 0 Å². The highest BCUT2D eigenvalue weighted by molar-refractivity contribution is 5.91. The number of benzene rings is 2. The van der Waals surface area contributed by atoms with Gasteiger partial charge in [0.2, 0.25) is 0 Å². The summed E-state index contributed by atoms with van der Waals surface area (Å²) in [6.45, 7) is 2.17. The molecule has 0 amide bonds. The fraction of sp³-hybridized carbons (Fsp3) is 0.250. The summed E-state index contributed by atoms with van der Waals surface area (Å²) in [4.78, 5) is 9.20. The van der Waals surface area contributed by atoms with E-state index in [-0.39, 0.29) is 5.75 Å². The summed E-state index contributed by atoms with van der Waals surface area (Å²) in [6.07, 6.45) is 3.23. The molecule has 1 N–H and O–H groups in total. The maximum Gasteiger partial charge on any atom is 0.143 e. The topological polar surface area (TPSA) is 46.0 Å². The quantitative estimate of drug-likeness (QED) is 0.720. The van der Waals surface area contributed by atoms with Crippen LogP contribution in [-0.4, -0.2) is 15.1 Å². The van der Waals surface area contributed by atoms with E-state index >= 15 is 0 Å². The van der Waals surface area contributed by atoms with Crippen LogP contribution < -0.4 is 0 Å². The highest BCUT2D eigenvalue weighted by atomic mass is 16.3. The molecule has 0 aliphatic heterocycles. The van der Waals surface area contributed by atoms with Gasteiger partial charge in [-0.2, -0.15) is 0 Å². The second-order valence-electron chi connectivity index (χ2n) is 4.76. The van der Waals surface area contributed by atoms with E-state index < -0.39 is 0 Å². The van der Waals surface area contributed by atoms with Crippen molar-refractivity contribution < 1.29 is 5.11 Å². The van der Waals surface area contributed by atoms with Crippen LogP contribution in [0.3, 0.4) is 0 Å². The van der Waals surface area contributed by atoms with Gasteiger partial charge in [0.05, 0.1) is 16.6 Å². The standard InChI is InChI=1S/C16H16N2O/c1-2-3-6-11-9-10-14(19)16-15(11)17-12-7-4-5-8-13(12)18-16/h4-5,7-10,19H,2-3,6H2,1H3. The van der Waals surface area contributed by atoms with E-state index in [1.165, 1.54) is 0 Å². The summed E-state index contributed by atoms with van der Waals surface area (Å²) < 4.78 is 0. The Hall–Kier alpha value is -2.16. The zero-order valence-electron chi connectivity index (χ0n) is 10.9. The number of aromatic hydroxyl groups is 1. The van der Waals surface area contributed by atoms with Crippen molar-refractivity contribution in [2.24, 2.45) is 0 Å². The smallest absolute Gasteiger partial charge is 0.143 e. The number of phenolic OH excluding ortho intramolecular Hbond substituents is 1. The van der Waals surface area contributed by atoms with Crippen LogP contribution in [-0.2, 0) is 6.42 Å². The molecule has 2 aromatic carbocycles. The number of aromatic nitrogens is 2. The molecular weight excluding hydrogens is 236 g/mol. The average Bonchev–Trinajstić information content (AvgIpc) is 2.45. The molecule has 0 saturated heterocycles. The van der Waals surface area contributed by atoms with Gasteiger partial charge in [0.25, 0.3) is 0 Å². The number of phenols is 1. The van der Waals surface area contributed by atoms with E-state index in [2.05, 4.69) is 16.9 Å². The van der Waals surface area contributed by atoms with Crippen LogP contribution in [0.4, 0.5) is 0 Å². The Balaban J connectivity index is 2.28. The Morgan fingerprint density at radius 2 is 1.63 bits per heavy atom. The van der Waals surface area contributed by atoms with Crippen LogP contribution in [0.1, 0.15) is 25.3 Å². The van der Waals surface area contributed by atoms with E-state index in [1.54, 1.807) is 6.07 Å². The lowest BCUT2D eigenvalue weighted by Crippen LogP contribution is -1.94. The SMILES string of the molecule is CCCCc1ccc(O)c2nc3ccccc3nc12. The Morgan fingerprint density at radius 3 is 2.32 bits per heavy atom. The summed E-state index contributed by atoms with van der Waals surface area (Å²) in [5.41, 5.74) is 4.28. The number of aryl methyl sites for hydroxylation is 1. The number of hydrogen-bond donors (Lipinski definition) is 1. The van der Waals surface area contributed by atoms with Gasteiger partial charge in [0.1, 0.15) is 11.3 Å². The van der Waals surface area contributed by atoms with Crippen molar-refractivity contribution in [1.82, 2.24) is 9.97 Å². The molecule has 0 unspecified atom stereocenters. The number of unbranched alkanes of at least 4 members (excludes halogenated alkanes) is 1. The van der Waals surface area contributed by atoms with Gasteiger partial charge in [-0.15, -0.1) is 0 Å². The van der Waals surface area contributed by atoms with Crippen LogP contribution in [0.15, 0.2) is 36.4 Å². The molecule has 0 fully saturated rings. The maximum atomic E-state index is 9.98. The Kier molecular flexibility index (Phi) is 3.03. The number of rotatable bonds is 3. The fourth-order valence-electron chi connectivity index (χ4n) is 2.31. The lowest BCUT2D eigenvalue weighted by Gasteiger charge is -2.07. The molecule has 0 atom stereocenters. The second kappa shape index (κ2) is 4.84. The largest absolute Gasteiger partial charge is 0.506 e. The molecule has 0 aliphatic rings. The first-order chi connectivity index (χ1) is 9.29. The predicted octanol–water partition coefficient (Wildman–Crippen LogP) is 3.83. The lowest BCUT2D eigenvalue weighted by atomic mass is 10.1. The minimum Gasteiger partial charge on any atom is -0.506 e. The van der Waals surface area contributed by atoms with Gasteiger partial charge in [0.15, 0.2) is 0 Å². The Morgan fingerprint density at radius 1 is 0.947 bits per heavy atom. The normalized spacial score (nSPS) is 11.2. The number of hydrogen-bond acceptors (Lipinski definition) is 3. The van der Waals surface area contributed by atoms with Gasteiger partial charge >= 0.3 is 0 Å². The van der Waals surface area contributed by atoms with E-state index in [9.17, 15) is 5.11 Å². The number of nitrogens with zero attached hydrogens (tertiary/aromatic N) is 2. The summed E-state index contributed by atoms with van der Waals surface area (Å²) in [5.74, 6) is 0.202. The zero-order valence-corrected chi connectivity index (χ0v) is 10.9. The van der Waals surface area contributed by atoms with Gasteiger partial charge in [-0.05, 0) is 36.6 Å². The number of para-hydroxylation sites is 2. The highest BCUT2D eigenvalue weighted by Crippen LogP contribution is 2.27. The van der Waals surface area contributed by atoms with Crippen LogP contribution in [0.5, 0.6) is 5.75 Å². The average molecular weight is 252 g/mol. The molecule has 3 aromatic rings. The third kappa shape index (κ3) is 2.12. The molecule has 3 rings (SSSR count). The van der Waals surface area contributed by atoms with Crippen molar-refractivity contribution in [2.45, 2.75) is 26.2 Å². The number of fused-ring (bicyclic) bond motifs is 2. The summed E-state index contributed by atoms with van der Waals surface area (Å²) in [7, 11) is 0. The summed E-state index contributed by atoms with van der Waals surface area (Å²) in [5, 5.41) is 9.98. The van der Waals surface area contributed by atoms with Gasteiger partial charge < -0.3 is 5.11 Å². The van der Waals surface area contributed by atoms with Gasteiger partial charge in [-0.25, -0.2) is 9.97 Å². The van der Waals surface area contributed by atoms with Gasteiger partial charge in [-0.3, -0.25) is 0 Å². The monoisotopic (exact) mass is 252 g/mol. The summed E-state index contributed by atoms with van der Waals surface area (Å²) in [6, 6.07) is 11.4. The maximum absolute atomic E-state index is 9.98. The molecule has 0 spiro atoms. The molecule has 0 aliphatic carbocycles. The van der Waals surface area contributed by atoms with Crippen LogP contribution in [0.25, 0.3) is 22.1 Å². The molecule has 0 radical (unpaired) electrons. The highest BCUT2D eigenvalue weighted by Gasteiger charge is 2.09. The third-order valence-electron chi connectivity index (χ3n) is 3.36. The van der Waals surface area contributed by atoms with Gasteiger partial charge in [0, 0.05) is 0 Å². The molecule has 96 valence electrons. The minimum absolute atomic E-state index is 0.202. The van der Waals surface area contributed by atoms with Crippen molar-refractivity contribution in [2.75, 3.05) is 0 Å². The van der Waals surface area contributed by atoms with E-state index in [4.69, 9.17) is 0 Å². The molecular formula is C16H16N2O. The predicted molar refractivity (Wildman–Crippen MR) is 77.3 cm³/mol. The van der Waals surface area contributed by atoms with Crippen LogP contribution in [0.2, 0.25) is 0 Å². The Bertz CT molecular complexity index is 737. The molecule has 3 nitrogen and oxygen atoms in total. The van der Waals surface area contributed by atoms with Crippen LogP contribution >= 0.6 is 0 Å². The van der Waals surface area contributed by atoms with E-state index in [1.807, 2.05) is 30.3 Å². The summed E-state index contributed by atoms with van der Waals surface area (Å²) >= 11 is 0. The van der Waals surface area contributed by atoms with Crippen molar-refractivity contribution >= 4 is 22.1 Å².